The Kier molecular flexibility index (Phi) is 4.17. The summed E-state index contributed by atoms with van der Waals surface area (Å²) in [7, 11) is 0. The van der Waals surface area contributed by atoms with Crippen LogP contribution in [0.2, 0.25) is 0 Å². The number of amides is 1. The van der Waals surface area contributed by atoms with Crippen LogP contribution in [0.4, 0.5) is 10.1 Å². The molecule has 1 aliphatic rings. The molecule has 0 fully saturated rings. The Bertz CT molecular complexity index is 568. The number of hydrogen-bond donors (Lipinski definition) is 1. The average molecular weight is 276 g/mol. The zero-order chi connectivity index (χ0) is 14.7. The Morgan fingerprint density at radius 1 is 1.25 bits per heavy atom. The smallest absolute Gasteiger partial charge is 0.228 e. The number of carboxylic acids is 1. The van der Waals surface area contributed by atoms with E-state index in [1.54, 1.807) is 25.1 Å². The number of carbonyl (C=O) groups is 2. The molecule has 4 nitrogen and oxygen atoms in total. The number of anilines is 1. The second-order valence-corrected chi connectivity index (χ2v) is 4.88. The molecule has 2 rings (SSSR count). The predicted octanol–water partition coefficient (Wildman–Crippen LogP) is 1.40. The van der Waals surface area contributed by atoms with Crippen LogP contribution in [-0.4, -0.2) is 11.9 Å². The van der Waals surface area contributed by atoms with Gasteiger partial charge < -0.3 is 15.2 Å². The van der Waals surface area contributed by atoms with Crippen LogP contribution in [0.15, 0.2) is 30.4 Å². The highest BCUT2D eigenvalue weighted by atomic mass is 19.1. The van der Waals surface area contributed by atoms with E-state index in [0.717, 1.165) is 0 Å². The second kappa shape index (κ2) is 5.86. The first-order chi connectivity index (χ1) is 9.50. The molecule has 0 radical (unpaired) electrons. The summed E-state index contributed by atoms with van der Waals surface area (Å²) >= 11 is 0. The molecule has 0 bridgehead atoms. The molecule has 0 aromatic heterocycles. The summed E-state index contributed by atoms with van der Waals surface area (Å²) in [5.41, 5.74) is 0.693. The Hall–Kier alpha value is -2.17. The molecular formula is C15H15FNO3-. The maximum atomic E-state index is 13.4. The summed E-state index contributed by atoms with van der Waals surface area (Å²) in [6.07, 6.45) is 4.14. The summed E-state index contributed by atoms with van der Waals surface area (Å²) in [5.74, 6) is -3.59. The summed E-state index contributed by atoms with van der Waals surface area (Å²) < 4.78 is 13.4. The normalized spacial score (nSPS) is 21.5. The van der Waals surface area contributed by atoms with Gasteiger partial charge in [0, 0.05) is 23.1 Å². The Morgan fingerprint density at radius 2 is 1.90 bits per heavy atom. The van der Waals surface area contributed by atoms with Crippen molar-refractivity contribution in [1.82, 2.24) is 0 Å². The second-order valence-electron chi connectivity index (χ2n) is 4.88. The van der Waals surface area contributed by atoms with Gasteiger partial charge in [-0.1, -0.05) is 18.2 Å². The van der Waals surface area contributed by atoms with Crippen molar-refractivity contribution in [2.45, 2.75) is 19.8 Å². The number of aliphatic carboxylic acids is 1. The molecule has 0 saturated heterocycles. The first-order valence-corrected chi connectivity index (χ1v) is 6.42. The van der Waals surface area contributed by atoms with Crippen molar-refractivity contribution in [3.8, 4) is 0 Å². The lowest BCUT2D eigenvalue weighted by Gasteiger charge is -2.28. The topological polar surface area (TPSA) is 69.2 Å². The molecule has 1 N–H and O–H groups in total. The van der Waals surface area contributed by atoms with Gasteiger partial charge in [0.15, 0.2) is 0 Å². The monoisotopic (exact) mass is 276 g/mol. The van der Waals surface area contributed by atoms with Gasteiger partial charge in [0.25, 0.3) is 0 Å². The van der Waals surface area contributed by atoms with Crippen molar-refractivity contribution >= 4 is 17.6 Å². The standard InChI is InChI=1S/C15H16FNO3/c1-9-12(16)7-4-8-13(9)17-14(18)10-5-2-3-6-11(10)15(19)20/h2-4,7-8,10-11H,5-6H2,1H3,(H,17,18)(H,19,20)/p-1/t10-,11-/m1/s1. The molecule has 0 spiro atoms. The minimum Gasteiger partial charge on any atom is -0.550 e. The number of benzene rings is 1. The highest BCUT2D eigenvalue weighted by Gasteiger charge is 2.30. The first-order valence-electron chi connectivity index (χ1n) is 6.42. The van der Waals surface area contributed by atoms with Gasteiger partial charge in [0.05, 0.1) is 5.92 Å². The van der Waals surface area contributed by atoms with Crippen LogP contribution < -0.4 is 10.4 Å². The number of allylic oxidation sites excluding steroid dienone is 2. The van der Waals surface area contributed by atoms with Crippen molar-refractivity contribution in [3.05, 3.63) is 41.7 Å². The molecule has 2 atom stereocenters. The van der Waals surface area contributed by atoms with Crippen molar-refractivity contribution in [1.29, 1.82) is 0 Å². The van der Waals surface area contributed by atoms with Gasteiger partial charge >= 0.3 is 0 Å². The number of rotatable bonds is 3. The van der Waals surface area contributed by atoms with Crippen LogP contribution in [-0.2, 0) is 9.59 Å². The fourth-order valence-electron chi connectivity index (χ4n) is 2.33. The summed E-state index contributed by atoms with van der Waals surface area (Å²) in [6.45, 7) is 1.56. The summed E-state index contributed by atoms with van der Waals surface area (Å²) in [5, 5.41) is 13.7. The molecule has 106 valence electrons. The molecule has 1 amide bonds. The van der Waals surface area contributed by atoms with E-state index >= 15 is 0 Å². The average Bonchev–Trinajstić information content (AvgIpc) is 2.43. The number of carbonyl (C=O) groups excluding carboxylic acids is 2. The van der Waals surface area contributed by atoms with Crippen LogP contribution in [0, 0.1) is 24.6 Å². The largest absolute Gasteiger partial charge is 0.550 e. The van der Waals surface area contributed by atoms with E-state index < -0.39 is 29.5 Å². The van der Waals surface area contributed by atoms with Crippen LogP contribution in [0.25, 0.3) is 0 Å². The van der Waals surface area contributed by atoms with Gasteiger partial charge in [0.1, 0.15) is 5.82 Å². The van der Waals surface area contributed by atoms with Crippen molar-refractivity contribution in [2.24, 2.45) is 11.8 Å². The predicted molar refractivity (Wildman–Crippen MR) is 70.1 cm³/mol. The van der Waals surface area contributed by atoms with Crippen LogP contribution in [0.5, 0.6) is 0 Å². The number of halogens is 1. The zero-order valence-electron chi connectivity index (χ0n) is 11.1. The molecule has 0 aliphatic heterocycles. The Balaban J connectivity index is 2.17. The molecule has 0 saturated carbocycles. The van der Waals surface area contributed by atoms with E-state index in [-0.39, 0.29) is 6.42 Å². The van der Waals surface area contributed by atoms with E-state index in [9.17, 15) is 19.1 Å². The maximum Gasteiger partial charge on any atom is 0.228 e. The SMILES string of the molecule is Cc1c(F)cccc1NC(=O)[C@@H]1CC=CC[C@H]1C(=O)[O-]. The third-order valence-corrected chi connectivity index (χ3v) is 3.60. The van der Waals surface area contributed by atoms with Crippen molar-refractivity contribution < 1.29 is 19.1 Å². The quantitative estimate of drug-likeness (QED) is 0.848. The van der Waals surface area contributed by atoms with E-state index in [2.05, 4.69) is 5.32 Å². The molecule has 1 aromatic rings. The van der Waals surface area contributed by atoms with Gasteiger partial charge in [-0.25, -0.2) is 4.39 Å². The molecule has 1 aliphatic carbocycles. The van der Waals surface area contributed by atoms with Crippen LogP contribution in [0.3, 0.4) is 0 Å². The van der Waals surface area contributed by atoms with E-state index in [1.807, 2.05) is 0 Å². The lowest BCUT2D eigenvalue weighted by Crippen LogP contribution is -2.41. The number of carboxylic acid groups (broad SMARTS) is 1. The number of nitrogens with one attached hydrogen (secondary N) is 1. The summed E-state index contributed by atoms with van der Waals surface area (Å²) in [4.78, 5) is 23.2. The van der Waals surface area contributed by atoms with Gasteiger partial charge in [-0.3, -0.25) is 4.79 Å². The van der Waals surface area contributed by atoms with Gasteiger partial charge in [-0.05, 0) is 31.9 Å². The van der Waals surface area contributed by atoms with E-state index in [0.29, 0.717) is 17.7 Å². The zero-order valence-corrected chi connectivity index (χ0v) is 11.1. The molecular weight excluding hydrogens is 261 g/mol. The molecule has 1 aromatic carbocycles. The van der Waals surface area contributed by atoms with Crippen molar-refractivity contribution in [2.75, 3.05) is 5.32 Å². The molecule has 20 heavy (non-hydrogen) atoms. The third kappa shape index (κ3) is 2.87. The molecule has 5 heteroatoms. The van der Waals surface area contributed by atoms with Crippen LogP contribution in [0.1, 0.15) is 18.4 Å². The minimum atomic E-state index is -1.23. The third-order valence-electron chi connectivity index (χ3n) is 3.60. The van der Waals surface area contributed by atoms with Crippen LogP contribution >= 0.6 is 0 Å². The van der Waals surface area contributed by atoms with Gasteiger partial charge in [-0.15, -0.1) is 0 Å². The number of hydrogen-bond acceptors (Lipinski definition) is 3. The Morgan fingerprint density at radius 3 is 2.55 bits per heavy atom. The fraction of sp³-hybridized carbons (Fsp3) is 0.333. The summed E-state index contributed by atoms with van der Waals surface area (Å²) in [6, 6.07) is 4.39. The highest BCUT2D eigenvalue weighted by molar-refractivity contribution is 5.95. The van der Waals surface area contributed by atoms with Gasteiger partial charge in [-0.2, -0.15) is 0 Å². The van der Waals surface area contributed by atoms with E-state index in [1.165, 1.54) is 12.1 Å². The molecule has 0 unspecified atom stereocenters. The fourth-order valence-corrected chi connectivity index (χ4v) is 2.33. The first kappa shape index (κ1) is 14.2. The maximum absolute atomic E-state index is 13.4. The van der Waals surface area contributed by atoms with E-state index in [4.69, 9.17) is 0 Å². The lowest BCUT2D eigenvalue weighted by atomic mass is 9.82. The van der Waals surface area contributed by atoms with Gasteiger partial charge in [0.2, 0.25) is 5.91 Å². The highest BCUT2D eigenvalue weighted by Crippen LogP contribution is 2.27. The van der Waals surface area contributed by atoms with Crippen molar-refractivity contribution in [3.63, 3.8) is 0 Å². The molecule has 0 heterocycles. The Labute approximate surface area is 116 Å². The lowest BCUT2D eigenvalue weighted by molar-refractivity contribution is -0.313. The minimum absolute atomic E-state index is 0.280.